The average molecular weight is 1530 g/mol. The van der Waals surface area contributed by atoms with Crippen LogP contribution in [-0.4, -0.2) is 236 Å². The third-order valence-corrected chi connectivity index (χ3v) is 20.4. The lowest BCUT2D eigenvalue weighted by atomic mass is 10.1. The van der Waals surface area contributed by atoms with E-state index in [-0.39, 0.29) is 96.4 Å². The minimum atomic E-state index is -1.91. The van der Waals surface area contributed by atoms with Crippen LogP contribution in [0.4, 0.5) is 28.8 Å². The van der Waals surface area contributed by atoms with Gasteiger partial charge >= 0.3 is 48.5 Å². The zero-order valence-electron chi connectivity index (χ0n) is 64.3. The molecule has 0 fully saturated rings. The molecule has 31 nitrogen and oxygen atoms in total. The second kappa shape index (κ2) is 71.2. The number of allylic oxidation sites excluding steroid dienone is 1. The predicted octanol–water partition coefficient (Wildman–Crippen LogP) is 9.95. The highest BCUT2D eigenvalue weighted by atomic mass is 28.4. The largest absolute Gasteiger partial charge is 0.473 e. The van der Waals surface area contributed by atoms with E-state index in [0.29, 0.717) is 77.9 Å². The molecule has 0 atom stereocenters. The van der Waals surface area contributed by atoms with E-state index in [0.717, 1.165) is 186 Å². The molecule has 0 bridgehead atoms. The van der Waals surface area contributed by atoms with Gasteiger partial charge in [-0.2, -0.15) is 0 Å². The number of carbonyl (C=O) groups excluding carboxylic acids is 8. The zero-order chi connectivity index (χ0) is 76.5. The summed E-state index contributed by atoms with van der Waals surface area (Å²) in [5.41, 5.74) is 0.289. The molecule has 0 rings (SSSR count). The highest BCUT2D eigenvalue weighted by Crippen LogP contribution is 2.23. The SMILES string of the molecule is C=C(C)OCOCCOC(=O)NCCCCCCNC(=O)OCCOC(=O)NCCCCCCCCCCNC(=O)OCCOCCC[SiH2]C(C)(C)O[Si](C)(C)CCCOCCOC(=O)NCCCCCCNCCCCC(=O)OCCOOCNCCCCCCNC(=O)OCCOC(=O)C(=C)C. The van der Waals surface area contributed by atoms with Crippen LogP contribution < -0.4 is 42.5 Å². The van der Waals surface area contributed by atoms with Gasteiger partial charge in [0.1, 0.15) is 66.2 Å². The molecule has 0 saturated heterocycles. The normalized spacial score (nSPS) is 11.3. The second-order valence-corrected chi connectivity index (χ2v) is 33.3. The summed E-state index contributed by atoms with van der Waals surface area (Å²) in [6.45, 7) is 27.9. The fraction of sp³-hybridized carbons (Fsp3) is 0.831. The predicted molar refractivity (Wildman–Crippen MR) is 400 cm³/mol. The van der Waals surface area contributed by atoms with E-state index in [4.69, 9.17) is 71.0 Å². The number of nitrogens with one attached hydrogen (secondary N) is 8. The van der Waals surface area contributed by atoms with Gasteiger partial charge in [-0.1, -0.05) is 96.3 Å². The third kappa shape index (κ3) is 74.2. The summed E-state index contributed by atoms with van der Waals surface area (Å²) in [6.07, 6.45) is 19.8. The Hall–Kier alpha value is -6.05. The number of hydrogen-bond acceptors (Lipinski definition) is 25. The molecule has 0 aromatic heterocycles. The Morgan fingerprint density at radius 2 is 0.702 bits per heavy atom. The minimum Gasteiger partial charge on any atom is -0.473 e. The first-order valence-corrected chi connectivity index (χ1v) is 42.8. The number of alkyl carbamates (subject to hydrolysis) is 6. The van der Waals surface area contributed by atoms with Crippen LogP contribution >= 0.6 is 0 Å². The first kappa shape index (κ1) is 98.0. The molecule has 606 valence electrons. The summed E-state index contributed by atoms with van der Waals surface area (Å²) in [5, 5.41) is 22.8. The molecule has 0 aromatic rings. The first-order valence-electron chi connectivity index (χ1n) is 38.0. The fourth-order valence-electron chi connectivity index (χ4n) is 9.79. The molecule has 0 aliphatic carbocycles. The topological polar surface area (TPSA) is 371 Å². The van der Waals surface area contributed by atoms with E-state index >= 15 is 0 Å². The Kier molecular flexibility index (Phi) is 67.1. The molecule has 0 unspecified atom stereocenters. The van der Waals surface area contributed by atoms with Gasteiger partial charge in [-0.05, 0) is 144 Å². The number of rotatable bonds is 73. The van der Waals surface area contributed by atoms with E-state index < -0.39 is 60.4 Å². The van der Waals surface area contributed by atoms with Crippen molar-refractivity contribution in [2.24, 2.45) is 0 Å². The van der Waals surface area contributed by atoms with E-state index in [9.17, 15) is 38.4 Å². The second-order valence-electron chi connectivity index (χ2n) is 26.2. The standard InChI is InChI=1S/C71H136N8O23Si2/c1-61(2)64(81)92-51-52-96-68(85)78-40-27-18-16-23-36-73-59-101-100-56-55-91-63(80)33-21-30-35-72-34-22-15-17-26-39-75-66(83)94-49-46-89-44-32-58-104(7,8)102-71(5,6)103-57-31-43-88-45-48-93-65(82)74-37-24-13-11-9-10-12-14-25-38-77-69(86)97-53-54-98-70(87)79-42-29-20-19-28-41-76-67(84)95-50-47-90-60-99-62(3)4/h72-73H,1,3,9-60,103H2,2,4-8H3,(H,74,82)(H,75,83)(H,76,84)(H,77,86)(H,78,85)(H,79,87). The van der Waals surface area contributed by atoms with Crippen LogP contribution in [0.15, 0.2) is 24.5 Å². The Labute approximate surface area is 623 Å². The summed E-state index contributed by atoms with van der Waals surface area (Å²) >= 11 is 0. The molecule has 0 heterocycles. The molecule has 0 spiro atoms. The molecule has 0 aliphatic heterocycles. The van der Waals surface area contributed by atoms with Crippen LogP contribution in [0, 0.1) is 0 Å². The number of hydrogen-bond donors (Lipinski definition) is 8. The molecule has 8 N–H and O–H groups in total. The van der Waals surface area contributed by atoms with Crippen molar-refractivity contribution in [1.82, 2.24) is 42.5 Å². The number of esters is 2. The smallest absolute Gasteiger partial charge is 0.407 e. The molecule has 0 radical (unpaired) electrons. The molecular formula is C71H136N8O23Si2. The zero-order valence-corrected chi connectivity index (χ0v) is 66.7. The van der Waals surface area contributed by atoms with Crippen LogP contribution in [0.1, 0.15) is 188 Å². The van der Waals surface area contributed by atoms with Crippen molar-refractivity contribution in [3.05, 3.63) is 24.5 Å². The van der Waals surface area contributed by atoms with Gasteiger partial charge in [-0.15, -0.1) is 0 Å². The van der Waals surface area contributed by atoms with Gasteiger partial charge in [-0.3, -0.25) is 10.1 Å². The summed E-state index contributed by atoms with van der Waals surface area (Å²) in [5.74, 6) is -0.230. The van der Waals surface area contributed by atoms with Crippen molar-refractivity contribution >= 4 is 66.3 Å². The summed E-state index contributed by atoms with van der Waals surface area (Å²) in [7, 11) is -2.44. The van der Waals surface area contributed by atoms with Gasteiger partial charge in [0.05, 0.1) is 35.1 Å². The quantitative estimate of drug-likeness (QED) is 0.00323. The Morgan fingerprint density at radius 1 is 0.356 bits per heavy atom. The molecule has 6 amide bonds. The molecule has 0 saturated carbocycles. The van der Waals surface area contributed by atoms with Crippen molar-refractivity contribution in [1.29, 1.82) is 0 Å². The lowest BCUT2D eigenvalue weighted by Crippen LogP contribution is -2.44. The van der Waals surface area contributed by atoms with Crippen molar-refractivity contribution in [2.75, 3.05) is 165 Å². The van der Waals surface area contributed by atoms with Crippen LogP contribution in [0.3, 0.4) is 0 Å². The Morgan fingerprint density at radius 3 is 1.12 bits per heavy atom. The highest BCUT2D eigenvalue weighted by molar-refractivity contribution is 6.71. The summed E-state index contributed by atoms with van der Waals surface area (Å²) < 4.78 is 69.1. The van der Waals surface area contributed by atoms with E-state index in [1.165, 1.54) is 0 Å². The van der Waals surface area contributed by atoms with Crippen molar-refractivity contribution in [3.63, 3.8) is 0 Å². The number of carbonyl (C=O) groups is 8. The minimum absolute atomic E-state index is 0.0148. The third-order valence-electron chi connectivity index (χ3n) is 15.2. The van der Waals surface area contributed by atoms with Crippen molar-refractivity contribution in [3.8, 4) is 0 Å². The summed E-state index contributed by atoms with van der Waals surface area (Å²) in [4.78, 5) is 105. The molecule has 33 heteroatoms. The fourth-order valence-corrected chi connectivity index (χ4v) is 15.3. The van der Waals surface area contributed by atoms with E-state index in [2.05, 4.69) is 82.6 Å². The molecule has 0 aliphatic rings. The maximum Gasteiger partial charge on any atom is 0.407 e. The van der Waals surface area contributed by atoms with Gasteiger partial charge in [-0.25, -0.2) is 43.3 Å². The summed E-state index contributed by atoms with van der Waals surface area (Å²) in [6, 6.07) is 2.07. The monoisotopic (exact) mass is 1520 g/mol. The van der Waals surface area contributed by atoms with E-state index in [1.54, 1.807) is 13.8 Å². The van der Waals surface area contributed by atoms with Gasteiger partial charge < -0.3 is 98.5 Å². The average Bonchev–Trinajstić information content (AvgIpc) is 0.871. The van der Waals surface area contributed by atoms with Gasteiger partial charge in [0.15, 0.2) is 15.1 Å². The van der Waals surface area contributed by atoms with Crippen LogP contribution in [0.5, 0.6) is 0 Å². The maximum atomic E-state index is 12.1. The Bertz CT molecular complexity index is 2220. The molecule has 0 aromatic carbocycles. The van der Waals surface area contributed by atoms with Gasteiger partial charge in [0.2, 0.25) is 0 Å². The molecular weight excluding hydrogens is 1390 g/mol. The van der Waals surface area contributed by atoms with Gasteiger partial charge in [0, 0.05) is 69.7 Å². The number of unbranched alkanes of at least 4 members (excludes halogenated alkanes) is 17. The van der Waals surface area contributed by atoms with Crippen LogP contribution in [-0.2, 0) is 80.6 Å². The number of ether oxygens (including phenoxy) is 12. The number of amides is 6. The lowest BCUT2D eigenvalue weighted by Gasteiger charge is -2.35. The lowest BCUT2D eigenvalue weighted by molar-refractivity contribution is -0.302. The first-order chi connectivity index (χ1) is 50.2. The highest BCUT2D eigenvalue weighted by Gasteiger charge is 2.31. The Balaban J connectivity index is 3.55. The van der Waals surface area contributed by atoms with E-state index in [1.807, 2.05) is 0 Å². The maximum absolute atomic E-state index is 12.1. The van der Waals surface area contributed by atoms with Gasteiger partial charge in [0.25, 0.3) is 0 Å². The molecule has 104 heavy (non-hydrogen) atoms. The van der Waals surface area contributed by atoms with Crippen molar-refractivity contribution < 1.29 is 109 Å². The van der Waals surface area contributed by atoms with Crippen molar-refractivity contribution in [2.45, 2.75) is 219 Å². The van der Waals surface area contributed by atoms with Crippen LogP contribution in [0.2, 0.25) is 25.2 Å². The van der Waals surface area contributed by atoms with Crippen LogP contribution in [0.25, 0.3) is 0 Å².